The standard InChI is InChI=1S/C24H23F2N7O/c1-24(2,3)33-13-18(21(32-33)20-10-11-28-22(27)31-20)17-12-16(8-9-19(17)26)30-23(34)29-15-6-4-14(25)5-7-15/h4-13H,1-3H3,(H2,27,28,31)(H2,29,30,34). The molecule has 0 saturated carbocycles. The third-order valence-electron chi connectivity index (χ3n) is 4.93. The van der Waals surface area contributed by atoms with Gasteiger partial charge in [-0.25, -0.2) is 23.5 Å². The van der Waals surface area contributed by atoms with Crippen molar-refractivity contribution >= 4 is 23.4 Å². The molecule has 0 saturated heterocycles. The SMILES string of the molecule is CC(C)(C)n1cc(-c2cc(NC(=O)Nc3ccc(F)cc3)ccc2F)c(-c2ccnc(N)n2)n1. The molecular formula is C24H23F2N7O. The van der Waals surface area contributed by atoms with Gasteiger partial charge in [0.2, 0.25) is 5.95 Å². The van der Waals surface area contributed by atoms with Gasteiger partial charge in [-0.05, 0) is 69.3 Å². The number of urea groups is 1. The van der Waals surface area contributed by atoms with Crippen molar-refractivity contribution in [3.8, 4) is 22.5 Å². The number of hydrogen-bond acceptors (Lipinski definition) is 5. The molecule has 0 aliphatic rings. The van der Waals surface area contributed by atoms with E-state index < -0.39 is 17.7 Å². The molecule has 0 radical (unpaired) electrons. The Kier molecular flexibility index (Phi) is 5.97. The van der Waals surface area contributed by atoms with Crippen molar-refractivity contribution in [2.75, 3.05) is 16.4 Å². The van der Waals surface area contributed by atoms with Gasteiger partial charge in [-0.1, -0.05) is 0 Å². The zero-order chi connectivity index (χ0) is 24.5. The zero-order valence-corrected chi connectivity index (χ0v) is 18.8. The fraction of sp³-hybridized carbons (Fsp3) is 0.167. The highest BCUT2D eigenvalue weighted by atomic mass is 19.1. The lowest BCUT2D eigenvalue weighted by molar-refractivity contribution is 0.262. The summed E-state index contributed by atoms with van der Waals surface area (Å²) in [6, 6.07) is 10.6. The lowest BCUT2D eigenvalue weighted by Gasteiger charge is -2.18. The van der Waals surface area contributed by atoms with E-state index in [0.29, 0.717) is 28.3 Å². The molecule has 0 spiro atoms. The maximum absolute atomic E-state index is 15.0. The van der Waals surface area contributed by atoms with Crippen molar-refractivity contribution < 1.29 is 13.6 Å². The molecule has 0 bridgehead atoms. The average Bonchev–Trinajstić information content (AvgIpc) is 3.23. The molecule has 34 heavy (non-hydrogen) atoms. The predicted octanol–water partition coefficient (Wildman–Crippen LogP) is 5.27. The number of aromatic nitrogens is 4. The Morgan fingerprint density at radius 2 is 1.65 bits per heavy atom. The molecule has 2 amide bonds. The van der Waals surface area contributed by atoms with Gasteiger partial charge in [0.15, 0.2) is 0 Å². The quantitative estimate of drug-likeness (QED) is 0.382. The highest BCUT2D eigenvalue weighted by molar-refractivity contribution is 6.00. The number of carbonyl (C=O) groups is 1. The predicted molar refractivity (Wildman–Crippen MR) is 127 cm³/mol. The van der Waals surface area contributed by atoms with Gasteiger partial charge in [0.1, 0.15) is 17.3 Å². The van der Waals surface area contributed by atoms with E-state index in [9.17, 15) is 13.6 Å². The van der Waals surface area contributed by atoms with Crippen molar-refractivity contribution in [2.45, 2.75) is 26.3 Å². The second-order valence-corrected chi connectivity index (χ2v) is 8.59. The lowest BCUT2D eigenvalue weighted by atomic mass is 10.0. The van der Waals surface area contributed by atoms with Gasteiger partial charge in [0.25, 0.3) is 0 Å². The highest BCUT2D eigenvalue weighted by Gasteiger charge is 2.23. The first-order chi connectivity index (χ1) is 16.1. The van der Waals surface area contributed by atoms with Crippen LogP contribution in [0, 0.1) is 11.6 Å². The van der Waals surface area contributed by atoms with Crippen LogP contribution in [-0.4, -0.2) is 25.8 Å². The fourth-order valence-electron chi connectivity index (χ4n) is 3.25. The molecule has 0 atom stereocenters. The Labute approximate surface area is 194 Å². The zero-order valence-electron chi connectivity index (χ0n) is 18.8. The van der Waals surface area contributed by atoms with Gasteiger partial charge in [-0.3, -0.25) is 4.68 Å². The molecule has 4 aromatic rings. The van der Waals surface area contributed by atoms with E-state index in [1.165, 1.54) is 48.7 Å². The molecule has 10 heteroatoms. The van der Waals surface area contributed by atoms with E-state index >= 15 is 0 Å². The summed E-state index contributed by atoms with van der Waals surface area (Å²) in [5.41, 5.74) is 7.71. The van der Waals surface area contributed by atoms with E-state index in [0.717, 1.165) is 0 Å². The van der Waals surface area contributed by atoms with Crippen LogP contribution in [0.3, 0.4) is 0 Å². The first-order valence-electron chi connectivity index (χ1n) is 10.4. The molecule has 2 aromatic heterocycles. The summed E-state index contributed by atoms with van der Waals surface area (Å²) in [7, 11) is 0. The molecule has 0 fully saturated rings. The number of nitrogens with zero attached hydrogens (tertiary/aromatic N) is 4. The van der Waals surface area contributed by atoms with Crippen LogP contribution in [0.2, 0.25) is 0 Å². The Morgan fingerprint density at radius 3 is 2.32 bits per heavy atom. The van der Waals surface area contributed by atoms with Gasteiger partial charge in [-0.2, -0.15) is 5.10 Å². The van der Waals surface area contributed by atoms with E-state index in [1.807, 2.05) is 20.8 Å². The molecule has 174 valence electrons. The Balaban J connectivity index is 1.70. The maximum atomic E-state index is 15.0. The Bertz CT molecular complexity index is 1340. The number of nitrogens with two attached hydrogens (primary N) is 1. The highest BCUT2D eigenvalue weighted by Crippen LogP contribution is 2.35. The van der Waals surface area contributed by atoms with Gasteiger partial charge < -0.3 is 16.4 Å². The smallest absolute Gasteiger partial charge is 0.323 e. The molecule has 0 aliphatic heterocycles. The number of halogens is 2. The van der Waals surface area contributed by atoms with E-state index in [1.54, 1.807) is 16.9 Å². The van der Waals surface area contributed by atoms with Gasteiger partial charge in [0, 0.05) is 34.9 Å². The van der Waals surface area contributed by atoms with Crippen LogP contribution in [0.4, 0.5) is 30.9 Å². The summed E-state index contributed by atoms with van der Waals surface area (Å²) in [4.78, 5) is 20.6. The third-order valence-corrected chi connectivity index (χ3v) is 4.93. The summed E-state index contributed by atoms with van der Waals surface area (Å²) in [5, 5.41) is 9.90. The number of benzene rings is 2. The van der Waals surface area contributed by atoms with Crippen molar-refractivity contribution in [2.24, 2.45) is 0 Å². The number of carbonyl (C=O) groups excluding carboxylic acids is 1. The maximum Gasteiger partial charge on any atom is 0.323 e. The summed E-state index contributed by atoms with van der Waals surface area (Å²) in [6.45, 7) is 5.90. The van der Waals surface area contributed by atoms with Crippen LogP contribution in [0.25, 0.3) is 22.5 Å². The van der Waals surface area contributed by atoms with Crippen LogP contribution in [0.15, 0.2) is 60.9 Å². The van der Waals surface area contributed by atoms with Crippen molar-refractivity contribution in [3.63, 3.8) is 0 Å². The summed E-state index contributed by atoms with van der Waals surface area (Å²) in [6.07, 6.45) is 3.24. The van der Waals surface area contributed by atoms with Gasteiger partial charge >= 0.3 is 6.03 Å². The van der Waals surface area contributed by atoms with Crippen LogP contribution < -0.4 is 16.4 Å². The van der Waals surface area contributed by atoms with Crippen LogP contribution in [0.1, 0.15) is 20.8 Å². The topological polar surface area (TPSA) is 111 Å². The lowest BCUT2D eigenvalue weighted by Crippen LogP contribution is -2.22. The largest absolute Gasteiger partial charge is 0.368 e. The molecule has 0 aliphatic carbocycles. The van der Waals surface area contributed by atoms with Crippen LogP contribution >= 0.6 is 0 Å². The molecule has 0 unspecified atom stereocenters. The molecule has 2 heterocycles. The summed E-state index contributed by atoms with van der Waals surface area (Å²) in [5.74, 6) is -0.838. The third kappa shape index (κ3) is 5.01. The number of nitrogen functional groups attached to an aromatic ring is 1. The number of rotatable bonds is 4. The van der Waals surface area contributed by atoms with E-state index in [-0.39, 0.29) is 17.1 Å². The average molecular weight is 463 g/mol. The monoisotopic (exact) mass is 463 g/mol. The minimum atomic E-state index is -0.557. The minimum Gasteiger partial charge on any atom is -0.368 e. The molecular weight excluding hydrogens is 440 g/mol. The number of hydrogen-bond donors (Lipinski definition) is 3. The molecule has 8 nitrogen and oxygen atoms in total. The normalized spacial score (nSPS) is 11.3. The molecule has 2 aromatic carbocycles. The van der Waals surface area contributed by atoms with Crippen LogP contribution in [0.5, 0.6) is 0 Å². The molecule has 4 rings (SSSR count). The number of amides is 2. The Hall–Kier alpha value is -4.34. The summed E-state index contributed by atoms with van der Waals surface area (Å²) < 4.78 is 29.8. The van der Waals surface area contributed by atoms with Crippen molar-refractivity contribution in [1.82, 2.24) is 19.7 Å². The first kappa shape index (κ1) is 22.8. The summed E-state index contributed by atoms with van der Waals surface area (Å²) >= 11 is 0. The van der Waals surface area contributed by atoms with Gasteiger partial charge in [0.05, 0.1) is 11.2 Å². The van der Waals surface area contributed by atoms with Crippen LogP contribution in [-0.2, 0) is 5.54 Å². The fourth-order valence-corrected chi connectivity index (χ4v) is 3.25. The first-order valence-corrected chi connectivity index (χ1v) is 10.4. The number of anilines is 3. The number of nitrogens with one attached hydrogen (secondary N) is 2. The van der Waals surface area contributed by atoms with E-state index in [4.69, 9.17) is 5.73 Å². The van der Waals surface area contributed by atoms with Crippen molar-refractivity contribution in [1.29, 1.82) is 0 Å². The van der Waals surface area contributed by atoms with E-state index in [2.05, 4.69) is 25.7 Å². The second-order valence-electron chi connectivity index (χ2n) is 8.59. The molecule has 4 N–H and O–H groups in total. The van der Waals surface area contributed by atoms with Gasteiger partial charge in [-0.15, -0.1) is 0 Å². The Morgan fingerprint density at radius 1 is 0.971 bits per heavy atom. The minimum absolute atomic E-state index is 0.0714. The van der Waals surface area contributed by atoms with Crippen molar-refractivity contribution in [3.05, 3.63) is 72.6 Å². The second kappa shape index (κ2) is 8.89.